The van der Waals surface area contributed by atoms with Gasteiger partial charge in [-0.25, -0.2) is 4.98 Å². The summed E-state index contributed by atoms with van der Waals surface area (Å²) in [4.78, 5) is 15.7. The van der Waals surface area contributed by atoms with Crippen LogP contribution in [0.25, 0.3) is 0 Å². The molecule has 2 aromatic rings. The quantitative estimate of drug-likeness (QED) is 0.882. The van der Waals surface area contributed by atoms with Gasteiger partial charge >= 0.3 is 0 Å². The fourth-order valence-corrected chi connectivity index (χ4v) is 2.72. The third kappa shape index (κ3) is 2.01. The number of aryl methyl sites for hydroxylation is 1. The van der Waals surface area contributed by atoms with E-state index in [1.54, 1.807) is 10.9 Å². The van der Waals surface area contributed by atoms with Gasteiger partial charge in [0.05, 0.1) is 5.51 Å². The van der Waals surface area contributed by atoms with Gasteiger partial charge in [-0.2, -0.15) is 0 Å². The number of nitrogens with zero attached hydrogens (tertiary/aromatic N) is 4. The highest BCUT2D eigenvalue weighted by Crippen LogP contribution is 2.19. The Labute approximate surface area is 108 Å². The molecule has 0 spiro atoms. The van der Waals surface area contributed by atoms with Crippen LogP contribution < -0.4 is 5.32 Å². The summed E-state index contributed by atoms with van der Waals surface area (Å²) in [5, 5.41) is 12.8. The molecule has 2 aromatic heterocycles. The number of nitrogens with one attached hydrogen (secondary N) is 1. The van der Waals surface area contributed by atoms with Crippen LogP contribution in [0.2, 0.25) is 0 Å². The van der Waals surface area contributed by atoms with Crippen molar-refractivity contribution in [2.24, 2.45) is 5.92 Å². The van der Waals surface area contributed by atoms with Gasteiger partial charge in [0.1, 0.15) is 17.3 Å². The maximum Gasteiger partial charge on any atom is 0.270 e. The van der Waals surface area contributed by atoms with Gasteiger partial charge in [-0.15, -0.1) is 21.5 Å². The van der Waals surface area contributed by atoms with Crippen molar-refractivity contribution in [3.63, 3.8) is 0 Å². The number of hydrogen-bond donors (Lipinski definition) is 1. The number of carbonyl (C=O) groups excluding carboxylic acids is 1. The van der Waals surface area contributed by atoms with E-state index < -0.39 is 0 Å². The molecule has 0 saturated carbocycles. The van der Waals surface area contributed by atoms with Crippen LogP contribution in [0.1, 0.15) is 22.1 Å². The molecule has 0 bridgehead atoms. The SMILES string of the molecule is Cc1nnc2n1CC(CNC(=O)c1cscn1)C2. The molecule has 7 heteroatoms. The average Bonchev–Trinajstić information content (AvgIpc) is 3.05. The second-order valence-electron chi connectivity index (χ2n) is 4.43. The monoisotopic (exact) mass is 263 g/mol. The van der Waals surface area contributed by atoms with Gasteiger partial charge in [0.2, 0.25) is 0 Å². The van der Waals surface area contributed by atoms with Crippen molar-refractivity contribution in [2.45, 2.75) is 19.9 Å². The Kier molecular flexibility index (Phi) is 2.83. The highest BCUT2D eigenvalue weighted by molar-refractivity contribution is 7.07. The topological polar surface area (TPSA) is 72.7 Å². The summed E-state index contributed by atoms with van der Waals surface area (Å²) >= 11 is 1.42. The Morgan fingerprint density at radius 3 is 3.22 bits per heavy atom. The van der Waals surface area contributed by atoms with Crippen LogP contribution in [0.15, 0.2) is 10.9 Å². The number of amides is 1. The molecule has 94 valence electrons. The molecule has 1 aliphatic rings. The zero-order valence-electron chi connectivity index (χ0n) is 9.96. The van der Waals surface area contributed by atoms with Crippen molar-refractivity contribution in [3.05, 3.63) is 28.2 Å². The minimum absolute atomic E-state index is 0.101. The van der Waals surface area contributed by atoms with E-state index in [9.17, 15) is 4.79 Å². The van der Waals surface area contributed by atoms with E-state index in [1.165, 1.54) is 11.3 Å². The van der Waals surface area contributed by atoms with Gasteiger partial charge in [-0.3, -0.25) is 4.79 Å². The summed E-state index contributed by atoms with van der Waals surface area (Å²) in [7, 11) is 0. The summed E-state index contributed by atoms with van der Waals surface area (Å²) in [6, 6.07) is 0. The van der Waals surface area contributed by atoms with Crippen LogP contribution in [-0.4, -0.2) is 32.2 Å². The van der Waals surface area contributed by atoms with E-state index in [1.807, 2.05) is 6.92 Å². The fraction of sp³-hybridized carbons (Fsp3) is 0.455. The number of rotatable bonds is 3. The highest BCUT2D eigenvalue weighted by atomic mass is 32.1. The standard InChI is InChI=1S/C11H13N5OS/c1-7-14-15-10-2-8(4-16(7)10)3-12-11(17)9-5-18-6-13-9/h5-6,8H,2-4H2,1H3,(H,12,17). The molecule has 0 aliphatic carbocycles. The first-order chi connectivity index (χ1) is 8.74. The Bertz CT molecular complexity index is 562. The Balaban J connectivity index is 1.56. The summed E-state index contributed by atoms with van der Waals surface area (Å²) < 4.78 is 2.11. The molecule has 1 N–H and O–H groups in total. The molecule has 1 amide bonds. The minimum Gasteiger partial charge on any atom is -0.350 e. The first-order valence-corrected chi connectivity index (χ1v) is 6.73. The van der Waals surface area contributed by atoms with Gasteiger partial charge in [-0.05, 0) is 6.92 Å². The molecule has 18 heavy (non-hydrogen) atoms. The van der Waals surface area contributed by atoms with Crippen LogP contribution in [0.4, 0.5) is 0 Å². The van der Waals surface area contributed by atoms with Gasteiger partial charge in [0, 0.05) is 30.8 Å². The van der Waals surface area contributed by atoms with Gasteiger partial charge in [0.25, 0.3) is 5.91 Å². The molecule has 1 unspecified atom stereocenters. The third-order valence-corrected chi connectivity index (χ3v) is 3.73. The molecule has 0 radical (unpaired) electrons. The lowest BCUT2D eigenvalue weighted by molar-refractivity contribution is 0.0942. The van der Waals surface area contributed by atoms with Crippen molar-refractivity contribution in [3.8, 4) is 0 Å². The van der Waals surface area contributed by atoms with E-state index in [0.29, 0.717) is 18.2 Å². The highest BCUT2D eigenvalue weighted by Gasteiger charge is 2.25. The lowest BCUT2D eigenvalue weighted by atomic mass is 10.1. The number of aromatic nitrogens is 4. The van der Waals surface area contributed by atoms with Gasteiger partial charge in [-0.1, -0.05) is 0 Å². The van der Waals surface area contributed by atoms with E-state index in [0.717, 1.165) is 24.6 Å². The molecular weight excluding hydrogens is 250 g/mol. The van der Waals surface area contributed by atoms with Crippen molar-refractivity contribution in [1.82, 2.24) is 25.1 Å². The average molecular weight is 263 g/mol. The van der Waals surface area contributed by atoms with Crippen LogP contribution in [0.3, 0.4) is 0 Å². The normalized spacial score (nSPS) is 17.7. The fourth-order valence-electron chi connectivity index (χ4n) is 2.18. The predicted molar refractivity (Wildman–Crippen MR) is 66.4 cm³/mol. The molecule has 1 aliphatic heterocycles. The summed E-state index contributed by atoms with van der Waals surface area (Å²) in [5.41, 5.74) is 2.16. The second kappa shape index (κ2) is 4.49. The summed E-state index contributed by atoms with van der Waals surface area (Å²) in [5.74, 6) is 2.26. The second-order valence-corrected chi connectivity index (χ2v) is 5.15. The summed E-state index contributed by atoms with van der Waals surface area (Å²) in [6.07, 6.45) is 0.873. The molecule has 0 saturated heterocycles. The maximum absolute atomic E-state index is 11.7. The Morgan fingerprint density at radius 1 is 1.61 bits per heavy atom. The first-order valence-electron chi connectivity index (χ1n) is 5.79. The first kappa shape index (κ1) is 11.3. The van der Waals surface area contributed by atoms with Crippen molar-refractivity contribution in [1.29, 1.82) is 0 Å². The molecule has 1 atom stereocenters. The number of hydrogen-bond acceptors (Lipinski definition) is 5. The molecule has 6 nitrogen and oxygen atoms in total. The maximum atomic E-state index is 11.7. The lowest BCUT2D eigenvalue weighted by Crippen LogP contribution is -2.30. The molecule has 0 fully saturated rings. The van der Waals surface area contributed by atoms with Crippen LogP contribution >= 0.6 is 11.3 Å². The van der Waals surface area contributed by atoms with Crippen molar-refractivity contribution in [2.75, 3.05) is 6.54 Å². The zero-order valence-corrected chi connectivity index (χ0v) is 10.8. The molecular formula is C11H13N5OS. The number of carbonyl (C=O) groups is 1. The van der Waals surface area contributed by atoms with Gasteiger partial charge < -0.3 is 9.88 Å². The van der Waals surface area contributed by atoms with Crippen LogP contribution in [-0.2, 0) is 13.0 Å². The van der Waals surface area contributed by atoms with Crippen molar-refractivity contribution < 1.29 is 4.79 Å². The predicted octanol–water partition coefficient (Wildman–Crippen LogP) is 0.645. The smallest absolute Gasteiger partial charge is 0.270 e. The van der Waals surface area contributed by atoms with Gasteiger partial charge in [0.15, 0.2) is 0 Å². The van der Waals surface area contributed by atoms with Crippen LogP contribution in [0.5, 0.6) is 0 Å². The van der Waals surface area contributed by atoms with E-state index >= 15 is 0 Å². The molecule has 3 rings (SSSR count). The summed E-state index contributed by atoms with van der Waals surface area (Å²) in [6.45, 7) is 3.48. The van der Waals surface area contributed by atoms with Crippen LogP contribution in [0, 0.1) is 12.8 Å². The Hall–Kier alpha value is -1.76. The third-order valence-electron chi connectivity index (χ3n) is 3.14. The van der Waals surface area contributed by atoms with Crippen molar-refractivity contribution >= 4 is 17.2 Å². The minimum atomic E-state index is -0.101. The van der Waals surface area contributed by atoms with E-state index in [2.05, 4.69) is 25.1 Å². The van der Waals surface area contributed by atoms with E-state index in [-0.39, 0.29) is 5.91 Å². The lowest BCUT2D eigenvalue weighted by Gasteiger charge is -2.09. The Morgan fingerprint density at radius 2 is 2.50 bits per heavy atom. The zero-order chi connectivity index (χ0) is 12.5. The van der Waals surface area contributed by atoms with E-state index in [4.69, 9.17) is 0 Å². The molecule has 0 aromatic carbocycles. The number of fused-ring (bicyclic) bond motifs is 1. The molecule has 3 heterocycles. The largest absolute Gasteiger partial charge is 0.350 e. The number of thiazole rings is 1.